The predicted octanol–water partition coefficient (Wildman–Crippen LogP) is 1.02. The summed E-state index contributed by atoms with van der Waals surface area (Å²) in [5, 5.41) is 6.34. The van der Waals surface area contributed by atoms with Gasteiger partial charge >= 0.3 is 0 Å². The van der Waals surface area contributed by atoms with Crippen LogP contribution in [-0.2, 0) is 11.2 Å². The van der Waals surface area contributed by atoms with Crippen molar-refractivity contribution in [2.75, 3.05) is 30.3 Å². The van der Waals surface area contributed by atoms with E-state index in [1.807, 2.05) is 36.0 Å². The van der Waals surface area contributed by atoms with E-state index in [9.17, 15) is 4.79 Å². The molecule has 4 N–H and O–H groups in total. The highest BCUT2D eigenvalue weighted by Gasteiger charge is 2.16. The van der Waals surface area contributed by atoms with Crippen molar-refractivity contribution in [3.63, 3.8) is 0 Å². The zero-order valence-electron chi connectivity index (χ0n) is 11.0. The molecule has 1 atom stereocenters. The van der Waals surface area contributed by atoms with Crippen LogP contribution in [0.4, 0.5) is 5.69 Å². The van der Waals surface area contributed by atoms with Crippen LogP contribution in [0, 0.1) is 0 Å². The van der Waals surface area contributed by atoms with Gasteiger partial charge in [0.2, 0.25) is 5.91 Å². The van der Waals surface area contributed by atoms with Gasteiger partial charge in [0, 0.05) is 42.7 Å². The van der Waals surface area contributed by atoms with Gasteiger partial charge in [-0.3, -0.25) is 4.79 Å². The standard InChI is InChI=1S/C14H21N3OS/c15-12-3-1-11(2-4-12)5-6-17-14(18)9-13-10-19-8-7-16-13/h1-4,13,16H,5-10,15H2,(H,17,18). The third-order valence-corrected chi connectivity index (χ3v) is 4.28. The molecule has 0 radical (unpaired) electrons. The number of hydrogen-bond acceptors (Lipinski definition) is 4. The molecular weight excluding hydrogens is 258 g/mol. The molecule has 0 aliphatic carbocycles. The van der Waals surface area contributed by atoms with Gasteiger partial charge in [0.1, 0.15) is 0 Å². The summed E-state index contributed by atoms with van der Waals surface area (Å²) in [4.78, 5) is 11.8. The number of nitrogen functional groups attached to an aromatic ring is 1. The van der Waals surface area contributed by atoms with Gasteiger partial charge < -0.3 is 16.4 Å². The quantitative estimate of drug-likeness (QED) is 0.704. The van der Waals surface area contributed by atoms with Crippen molar-refractivity contribution in [2.45, 2.75) is 18.9 Å². The van der Waals surface area contributed by atoms with Gasteiger partial charge in [0.05, 0.1) is 0 Å². The average Bonchev–Trinajstić information content (AvgIpc) is 2.42. The van der Waals surface area contributed by atoms with E-state index in [-0.39, 0.29) is 5.91 Å². The molecule has 4 nitrogen and oxygen atoms in total. The minimum absolute atomic E-state index is 0.135. The van der Waals surface area contributed by atoms with Crippen molar-refractivity contribution in [3.8, 4) is 0 Å². The molecule has 1 heterocycles. The van der Waals surface area contributed by atoms with Crippen LogP contribution in [0.5, 0.6) is 0 Å². The Hall–Kier alpha value is -1.20. The zero-order chi connectivity index (χ0) is 13.5. The maximum atomic E-state index is 11.8. The van der Waals surface area contributed by atoms with Gasteiger partial charge in [-0.25, -0.2) is 0 Å². The Morgan fingerprint density at radius 1 is 1.42 bits per heavy atom. The third-order valence-electron chi connectivity index (χ3n) is 3.15. The van der Waals surface area contributed by atoms with E-state index in [4.69, 9.17) is 5.73 Å². The summed E-state index contributed by atoms with van der Waals surface area (Å²) < 4.78 is 0. The summed E-state index contributed by atoms with van der Waals surface area (Å²) in [6.07, 6.45) is 1.42. The molecule has 19 heavy (non-hydrogen) atoms. The smallest absolute Gasteiger partial charge is 0.221 e. The first-order chi connectivity index (χ1) is 9.24. The monoisotopic (exact) mass is 279 g/mol. The topological polar surface area (TPSA) is 67.1 Å². The molecule has 1 aromatic rings. The third kappa shape index (κ3) is 5.12. The lowest BCUT2D eigenvalue weighted by Crippen LogP contribution is -2.41. The van der Waals surface area contributed by atoms with E-state index >= 15 is 0 Å². The van der Waals surface area contributed by atoms with E-state index in [2.05, 4.69) is 10.6 Å². The second kappa shape index (κ2) is 7.40. The van der Waals surface area contributed by atoms with Gasteiger partial charge in [0.15, 0.2) is 0 Å². The van der Waals surface area contributed by atoms with Crippen LogP contribution in [0.25, 0.3) is 0 Å². The fourth-order valence-electron chi connectivity index (χ4n) is 2.08. The molecule has 1 fully saturated rings. The highest BCUT2D eigenvalue weighted by Crippen LogP contribution is 2.10. The number of carbonyl (C=O) groups is 1. The summed E-state index contributed by atoms with van der Waals surface area (Å²) in [6, 6.07) is 8.11. The molecule has 0 saturated carbocycles. The molecular formula is C14H21N3OS. The van der Waals surface area contributed by atoms with Gasteiger partial charge in [-0.15, -0.1) is 0 Å². The first kappa shape index (κ1) is 14.2. The summed E-state index contributed by atoms with van der Waals surface area (Å²) in [5.74, 6) is 2.32. The first-order valence-electron chi connectivity index (χ1n) is 6.66. The molecule has 1 amide bonds. The van der Waals surface area contributed by atoms with Crippen LogP contribution in [0.3, 0.4) is 0 Å². The molecule has 1 saturated heterocycles. The number of rotatable bonds is 5. The second-order valence-corrected chi connectivity index (χ2v) is 5.92. The molecule has 104 valence electrons. The predicted molar refractivity (Wildman–Crippen MR) is 81.3 cm³/mol. The van der Waals surface area contributed by atoms with Crippen molar-refractivity contribution < 1.29 is 4.79 Å². The summed E-state index contributed by atoms with van der Waals surface area (Å²) in [6.45, 7) is 1.69. The molecule has 0 aromatic heterocycles. The lowest BCUT2D eigenvalue weighted by atomic mass is 10.1. The van der Waals surface area contributed by atoms with Crippen LogP contribution in [0.2, 0.25) is 0 Å². The van der Waals surface area contributed by atoms with E-state index < -0.39 is 0 Å². The number of nitrogens with one attached hydrogen (secondary N) is 2. The number of carbonyl (C=O) groups excluding carboxylic acids is 1. The molecule has 0 spiro atoms. The SMILES string of the molecule is Nc1ccc(CCNC(=O)CC2CSCCN2)cc1. The molecule has 1 unspecified atom stereocenters. The fraction of sp³-hybridized carbons (Fsp3) is 0.500. The largest absolute Gasteiger partial charge is 0.399 e. The Morgan fingerprint density at radius 2 is 2.21 bits per heavy atom. The number of hydrogen-bond donors (Lipinski definition) is 3. The number of amides is 1. The van der Waals surface area contributed by atoms with Crippen LogP contribution in [0.1, 0.15) is 12.0 Å². The first-order valence-corrected chi connectivity index (χ1v) is 7.82. The van der Waals surface area contributed by atoms with Gasteiger partial charge in [0.25, 0.3) is 0 Å². The van der Waals surface area contributed by atoms with E-state index in [0.717, 1.165) is 30.2 Å². The fourth-order valence-corrected chi connectivity index (χ4v) is 3.03. The van der Waals surface area contributed by atoms with Crippen molar-refractivity contribution in [1.29, 1.82) is 0 Å². The van der Waals surface area contributed by atoms with Crippen molar-refractivity contribution in [1.82, 2.24) is 10.6 Å². The molecule has 1 aliphatic rings. The molecule has 1 aliphatic heterocycles. The highest BCUT2D eigenvalue weighted by atomic mass is 32.2. The Bertz CT molecular complexity index is 402. The summed E-state index contributed by atoms with van der Waals surface area (Å²) in [7, 11) is 0. The Kier molecular flexibility index (Phi) is 5.54. The zero-order valence-corrected chi connectivity index (χ0v) is 11.8. The normalized spacial score (nSPS) is 19.1. The minimum atomic E-state index is 0.135. The number of thioether (sulfide) groups is 1. The van der Waals surface area contributed by atoms with Crippen molar-refractivity contribution in [2.24, 2.45) is 0 Å². The maximum Gasteiger partial charge on any atom is 0.221 e. The van der Waals surface area contributed by atoms with Crippen molar-refractivity contribution >= 4 is 23.4 Å². The van der Waals surface area contributed by atoms with E-state index in [1.54, 1.807) is 0 Å². The van der Waals surface area contributed by atoms with Crippen LogP contribution in [0.15, 0.2) is 24.3 Å². The van der Waals surface area contributed by atoms with Gasteiger partial charge in [-0.2, -0.15) is 11.8 Å². The Balaban J connectivity index is 1.64. The molecule has 1 aromatic carbocycles. The van der Waals surface area contributed by atoms with Crippen LogP contribution >= 0.6 is 11.8 Å². The Morgan fingerprint density at radius 3 is 2.89 bits per heavy atom. The molecule has 0 bridgehead atoms. The Labute approximate surface area is 118 Å². The van der Waals surface area contributed by atoms with Crippen LogP contribution in [-0.4, -0.2) is 36.5 Å². The highest BCUT2D eigenvalue weighted by molar-refractivity contribution is 7.99. The average molecular weight is 279 g/mol. The second-order valence-electron chi connectivity index (χ2n) is 4.77. The number of nitrogens with two attached hydrogens (primary N) is 1. The maximum absolute atomic E-state index is 11.8. The summed E-state index contributed by atoms with van der Waals surface area (Å²) >= 11 is 1.91. The number of benzene rings is 1. The lowest BCUT2D eigenvalue weighted by molar-refractivity contribution is -0.121. The number of anilines is 1. The van der Waals surface area contributed by atoms with Gasteiger partial charge in [-0.1, -0.05) is 12.1 Å². The molecule has 2 rings (SSSR count). The van der Waals surface area contributed by atoms with Crippen LogP contribution < -0.4 is 16.4 Å². The summed E-state index contributed by atoms with van der Waals surface area (Å²) in [5.41, 5.74) is 7.60. The van der Waals surface area contributed by atoms with E-state index in [1.165, 1.54) is 5.56 Å². The molecule has 5 heteroatoms. The lowest BCUT2D eigenvalue weighted by Gasteiger charge is -2.22. The van der Waals surface area contributed by atoms with E-state index in [0.29, 0.717) is 19.0 Å². The minimum Gasteiger partial charge on any atom is -0.399 e. The van der Waals surface area contributed by atoms with Crippen molar-refractivity contribution in [3.05, 3.63) is 29.8 Å². The van der Waals surface area contributed by atoms with Gasteiger partial charge in [-0.05, 0) is 24.1 Å².